The maximum absolute atomic E-state index is 13.8. The molecular weight excluding hydrogens is 480 g/mol. The average Bonchev–Trinajstić information content (AvgIpc) is 3.46. The van der Waals surface area contributed by atoms with Crippen molar-refractivity contribution in [1.82, 2.24) is 9.97 Å². The third-order valence-electron chi connectivity index (χ3n) is 6.96. The summed E-state index contributed by atoms with van der Waals surface area (Å²) in [6.07, 6.45) is -0.471. The fraction of sp³-hybridized carbons (Fsp3) is 0.100. The van der Waals surface area contributed by atoms with Gasteiger partial charge < -0.3 is 15.2 Å². The number of aliphatic hydroxyl groups is 1. The standard InChI is InChI=1S/C30H24N4O4/c1-33(29(36)37)28-31-25-15-14-21(18-26(25)32-28)30(38)24-13-6-5-12-23(24)27(35)34(30)22-11-7-10-20(17-22)16-19-8-3-2-4-9-19/h2-15,17-18,38H,16H2,1H3,(H,31,32)(H,36,37). The lowest BCUT2D eigenvalue weighted by atomic mass is 9.93. The molecule has 1 atom stereocenters. The number of carbonyl (C=O) groups is 2. The van der Waals surface area contributed by atoms with E-state index in [0.29, 0.717) is 39.8 Å². The normalized spacial score (nSPS) is 16.6. The van der Waals surface area contributed by atoms with Crippen LogP contribution in [0.3, 0.4) is 0 Å². The van der Waals surface area contributed by atoms with E-state index in [9.17, 15) is 19.8 Å². The van der Waals surface area contributed by atoms with Gasteiger partial charge in [-0.1, -0.05) is 66.7 Å². The number of aromatic amines is 1. The summed E-state index contributed by atoms with van der Waals surface area (Å²) in [4.78, 5) is 34.9. The average molecular weight is 505 g/mol. The fourth-order valence-electron chi connectivity index (χ4n) is 5.05. The minimum Gasteiger partial charge on any atom is -0.465 e. The summed E-state index contributed by atoms with van der Waals surface area (Å²) >= 11 is 0. The van der Waals surface area contributed by atoms with Gasteiger partial charge in [0.1, 0.15) is 0 Å². The number of amides is 2. The first-order valence-corrected chi connectivity index (χ1v) is 12.1. The Morgan fingerprint density at radius 1 is 0.947 bits per heavy atom. The van der Waals surface area contributed by atoms with Crippen LogP contribution < -0.4 is 9.80 Å². The van der Waals surface area contributed by atoms with E-state index < -0.39 is 11.8 Å². The van der Waals surface area contributed by atoms with E-state index >= 15 is 0 Å². The van der Waals surface area contributed by atoms with Crippen molar-refractivity contribution in [2.75, 3.05) is 16.8 Å². The van der Waals surface area contributed by atoms with Crippen LogP contribution in [0.15, 0.2) is 97.1 Å². The molecule has 0 fully saturated rings. The lowest BCUT2D eigenvalue weighted by molar-refractivity contribution is 0.0704. The minimum absolute atomic E-state index is 0.157. The summed E-state index contributed by atoms with van der Waals surface area (Å²) in [7, 11) is 1.39. The molecule has 2 amide bonds. The highest BCUT2D eigenvalue weighted by Gasteiger charge is 2.50. The molecule has 2 heterocycles. The minimum atomic E-state index is -1.80. The molecule has 188 valence electrons. The number of hydrogen-bond donors (Lipinski definition) is 3. The van der Waals surface area contributed by atoms with E-state index in [0.717, 1.165) is 16.0 Å². The van der Waals surface area contributed by atoms with E-state index in [1.165, 1.54) is 11.9 Å². The van der Waals surface area contributed by atoms with Gasteiger partial charge in [-0.2, -0.15) is 0 Å². The van der Waals surface area contributed by atoms with Gasteiger partial charge in [0, 0.05) is 29.4 Å². The van der Waals surface area contributed by atoms with Crippen LogP contribution in [0, 0.1) is 0 Å². The Kier molecular flexibility index (Phi) is 5.47. The topological polar surface area (TPSA) is 110 Å². The molecule has 8 nitrogen and oxygen atoms in total. The number of nitrogens with zero attached hydrogens (tertiary/aromatic N) is 3. The van der Waals surface area contributed by atoms with Gasteiger partial charge in [0.2, 0.25) is 5.95 Å². The van der Waals surface area contributed by atoms with Crippen LogP contribution in [-0.4, -0.2) is 39.2 Å². The van der Waals surface area contributed by atoms with Crippen LogP contribution in [0.4, 0.5) is 16.4 Å². The molecule has 0 spiro atoms. The number of carboxylic acid groups (broad SMARTS) is 1. The van der Waals surface area contributed by atoms with Gasteiger partial charge in [0.15, 0.2) is 5.72 Å². The first-order chi connectivity index (χ1) is 18.4. The number of nitrogens with one attached hydrogen (secondary N) is 1. The second-order valence-corrected chi connectivity index (χ2v) is 9.32. The number of rotatable bonds is 5. The highest BCUT2D eigenvalue weighted by molar-refractivity contribution is 6.12. The summed E-state index contributed by atoms with van der Waals surface area (Å²) in [5, 5.41) is 21.7. The number of hydrogen-bond acceptors (Lipinski definition) is 4. The van der Waals surface area contributed by atoms with Gasteiger partial charge in [-0.15, -0.1) is 0 Å². The Bertz CT molecular complexity index is 1700. The van der Waals surface area contributed by atoms with Crippen LogP contribution in [0.5, 0.6) is 0 Å². The molecule has 38 heavy (non-hydrogen) atoms. The maximum atomic E-state index is 13.8. The monoisotopic (exact) mass is 504 g/mol. The fourth-order valence-corrected chi connectivity index (χ4v) is 5.05. The van der Waals surface area contributed by atoms with Crippen LogP contribution in [0.25, 0.3) is 11.0 Å². The molecule has 0 saturated heterocycles. The molecule has 1 unspecified atom stereocenters. The van der Waals surface area contributed by atoms with E-state index in [1.807, 2.05) is 42.5 Å². The van der Waals surface area contributed by atoms with Crippen molar-refractivity contribution in [3.63, 3.8) is 0 Å². The molecule has 5 aromatic rings. The Balaban J connectivity index is 1.47. The number of anilines is 2. The second-order valence-electron chi connectivity index (χ2n) is 9.32. The van der Waals surface area contributed by atoms with Crippen molar-refractivity contribution < 1.29 is 19.8 Å². The number of imidazole rings is 1. The van der Waals surface area contributed by atoms with E-state index in [4.69, 9.17) is 0 Å². The maximum Gasteiger partial charge on any atom is 0.413 e. The molecule has 1 aromatic heterocycles. The van der Waals surface area contributed by atoms with E-state index in [1.54, 1.807) is 42.5 Å². The van der Waals surface area contributed by atoms with Crippen LogP contribution in [0.1, 0.15) is 32.6 Å². The van der Waals surface area contributed by atoms with Gasteiger partial charge in [-0.25, -0.2) is 9.78 Å². The second kappa shape index (κ2) is 8.86. The summed E-state index contributed by atoms with van der Waals surface area (Å²) in [6, 6.07) is 29.8. The van der Waals surface area contributed by atoms with Crippen molar-refractivity contribution in [3.05, 3.63) is 125 Å². The smallest absolute Gasteiger partial charge is 0.413 e. The van der Waals surface area contributed by atoms with Gasteiger partial charge in [0.25, 0.3) is 5.91 Å². The zero-order valence-corrected chi connectivity index (χ0v) is 20.5. The number of aromatic nitrogens is 2. The van der Waals surface area contributed by atoms with Crippen molar-refractivity contribution in [2.24, 2.45) is 0 Å². The van der Waals surface area contributed by atoms with Crippen LogP contribution >= 0.6 is 0 Å². The molecule has 0 bridgehead atoms. The number of benzene rings is 4. The molecule has 1 aliphatic heterocycles. The Hall–Kier alpha value is -4.95. The first kappa shape index (κ1) is 23.4. The Morgan fingerprint density at radius 2 is 1.68 bits per heavy atom. The number of carbonyl (C=O) groups excluding carboxylic acids is 1. The molecule has 3 N–H and O–H groups in total. The summed E-state index contributed by atoms with van der Waals surface area (Å²) in [6.45, 7) is 0. The van der Waals surface area contributed by atoms with Crippen molar-refractivity contribution in [3.8, 4) is 0 Å². The lowest BCUT2D eigenvalue weighted by Crippen LogP contribution is -2.45. The highest BCUT2D eigenvalue weighted by atomic mass is 16.4. The van der Waals surface area contributed by atoms with E-state index in [2.05, 4.69) is 22.1 Å². The van der Waals surface area contributed by atoms with E-state index in [-0.39, 0.29) is 11.9 Å². The molecule has 1 aliphatic rings. The molecule has 0 radical (unpaired) electrons. The van der Waals surface area contributed by atoms with Crippen LogP contribution in [-0.2, 0) is 12.1 Å². The van der Waals surface area contributed by atoms with Crippen molar-refractivity contribution in [1.29, 1.82) is 0 Å². The largest absolute Gasteiger partial charge is 0.465 e. The molecule has 0 aliphatic carbocycles. The zero-order valence-electron chi connectivity index (χ0n) is 20.5. The Morgan fingerprint density at radius 3 is 2.47 bits per heavy atom. The quantitative estimate of drug-likeness (QED) is 0.308. The van der Waals surface area contributed by atoms with Crippen molar-refractivity contribution in [2.45, 2.75) is 12.1 Å². The predicted octanol–water partition coefficient (Wildman–Crippen LogP) is 5.12. The molecule has 4 aromatic carbocycles. The first-order valence-electron chi connectivity index (χ1n) is 12.1. The van der Waals surface area contributed by atoms with Crippen molar-refractivity contribution >= 4 is 34.7 Å². The SMILES string of the molecule is CN(C(=O)O)c1nc2cc(C3(O)c4ccccc4C(=O)N3c3cccc(Cc4ccccc4)c3)ccc2[nH]1. The van der Waals surface area contributed by atoms with Gasteiger partial charge in [-0.05, 0) is 47.9 Å². The van der Waals surface area contributed by atoms with Crippen LogP contribution in [0.2, 0.25) is 0 Å². The summed E-state index contributed by atoms with van der Waals surface area (Å²) in [5.74, 6) is -0.154. The molecular formula is C30H24N4O4. The molecule has 6 rings (SSSR count). The number of H-pyrrole nitrogens is 1. The zero-order chi connectivity index (χ0) is 26.4. The molecule has 8 heteroatoms. The van der Waals surface area contributed by atoms with Gasteiger partial charge >= 0.3 is 6.09 Å². The summed E-state index contributed by atoms with van der Waals surface area (Å²) in [5.41, 5.74) is 3.30. The summed E-state index contributed by atoms with van der Waals surface area (Å²) < 4.78 is 0. The Labute approximate surface area is 218 Å². The molecule has 0 saturated carbocycles. The third kappa shape index (κ3) is 3.70. The van der Waals surface area contributed by atoms with Gasteiger partial charge in [0.05, 0.1) is 11.0 Å². The lowest BCUT2D eigenvalue weighted by Gasteiger charge is -2.35. The highest BCUT2D eigenvalue weighted by Crippen LogP contribution is 2.45. The predicted molar refractivity (Wildman–Crippen MR) is 144 cm³/mol. The van der Waals surface area contributed by atoms with Gasteiger partial charge in [-0.3, -0.25) is 14.6 Å². The number of fused-ring (bicyclic) bond motifs is 2. The third-order valence-corrected chi connectivity index (χ3v) is 6.96.